The number of fused-ring (bicyclic) bond motifs is 1. The van der Waals surface area contributed by atoms with Gasteiger partial charge in [-0.2, -0.15) is 0 Å². The van der Waals surface area contributed by atoms with E-state index in [4.69, 9.17) is 15.2 Å². The Kier molecular flexibility index (Phi) is 6.75. The standard InChI is InChI=1S/C21H27N5O7/c1-21(2,3)33-20(31)25-13(18(29)30)9-10-4-6-14-12(8-10)23-17(28)15(32-14)7-5-11-16(27)26-19(22)24-11/h4,6,8,11,13,15H,5,7,9H2,1-3H3,(H,23,28)(H,25,31)(H,29,30)(H3,22,24,26,27). The molecule has 0 spiro atoms. The Morgan fingerprint density at radius 3 is 2.58 bits per heavy atom. The summed E-state index contributed by atoms with van der Waals surface area (Å²) in [5, 5.41) is 16.9. The summed E-state index contributed by atoms with van der Waals surface area (Å²) in [6, 6.07) is 2.97. The Morgan fingerprint density at radius 2 is 1.97 bits per heavy atom. The van der Waals surface area contributed by atoms with E-state index in [1.54, 1.807) is 39.0 Å². The molecule has 2 aliphatic rings. The highest BCUT2D eigenvalue weighted by Gasteiger charge is 2.32. The van der Waals surface area contributed by atoms with Crippen LogP contribution >= 0.6 is 0 Å². The van der Waals surface area contributed by atoms with Gasteiger partial charge in [0.2, 0.25) is 0 Å². The van der Waals surface area contributed by atoms with Crippen LogP contribution in [0.2, 0.25) is 0 Å². The second-order valence-corrected chi connectivity index (χ2v) is 8.76. The van der Waals surface area contributed by atoms with Crippen molar-refractivity contribution in [2.45, 2.75) is 63.8 Å². The molecule has 2 heterocycles. The largest absolute Gasteiger partial charge is 0.480 e. The molecule has 3 amide bonds. The lowest BCUT2D eigenvalue weighted by atomic mass is 10.0. The van der Waals surface area contributed by atoms with E-state index >= 15 is 0 Å². The van der Waals surface area contributed by atoms with Gasteiger partial charge in [-0.25, -0.2) is 14.6 Å². The fourth-order valence-electron chi connectivity index (χ4n) is 3.37. The van der Waals surface area contributed by atoms with Crippen LogP contribution in [0.25, 0.3) is 0 Å². The van der Waals surface area contributed by atoms with Gasteiger partial charge in [-0.3, -0.25) is 14.9 Å². The van der Waals surface area contributed by atoms with Gasteiger partial charge in [-0.15, -0.1) is 0 Å². The van der Waals surface area contributed by atoms with Crippen molar-refractivity contribution < 1.29 is 33.8 Å². The van der Waals surface area contributed by atoms with Gasteiger partial charge in [0, 0.05) is 6.42 Å². The summed E-state index contributed by atoms with van der Waals surface area (Å²) < 4.78 is 10.9. The number of hydrogen-bond acceptors (Lipinski definition) is 8. The van der Waals surface area contributed by atoms with E-state index in [1.165, 1.54) is 0 Å². The molecule has 0 aromatic heterocycles. The Bertz CT molecular complexity index is 1000. The van der Waals surface area contributed by atoms with Gasteiger partial charge >= 0.3 is 12.1 Å². The summed E-state index contributed by atoms with van der Waals surface area (Å²) in [5.74, 6) is -1.47. The Labute approximate surface area is 189 Å². The van der Waals surface area contributed by atoms with Crippen LogP contribution in [-0.2, 0) is 25.5 Å². The van der Waals surface area contributed by atoms with Crippen molar-refractivity contribution in [1.82, 2.24) is 10.6 Å². The second kappa shape index (κ2) is 9.35. The van der Waals surface area contributed by atoms with Crippen LogP contribution in [0.4, 0.5) is 10.5 Å². The number of aliphatic carboxylic acids is 1. The van der Waals surface area contributed by atoms with Crippen LogP contribution in [0, 0.1) is 0 Å². The first-order valence-electron chi connectivity index (χ1n) is 10.4. The van der Waals surface area contributed by atoms with Crippen molar-refractivity contribution in [3.8, 4) is 5.75 Å². The van der Waals surface area contributed by atoms with Crippen LogP contribution in [-0.4, -0.2) is 58.7 Å². The number of carbonyl (C=O) groups excluding carboxylic acids is 3. The molecule has 12 heteroatoms. The van der Waals surface area contributed by atoms with Crippen molar-refractivity contribution in [3.63, 3.8) is 0 Å². The molecule has 33 heavy (non-hydrogen) atoms. The number of benzene rings is 1. The number of hydrogen-bond donors (Lipinski definition) is 5. The first kappa shape index (κ1) is 23.8. The molecule has 6 N–H and O–H groups in total. The van der Waals surface area contributed by atoms with Crippen LogP contribution in [0.5, 0.6) is 5.75 Å². The first-order valence-corrected chi connectivity index (χ1v) is 10.4. The molecule has 0 saturated heterocycles. The fourth-order valence-corrected chi connectivity index (χ4v) is 3.37. The maximum atomic E-state index is 12.5. The van der Waals surface area contributed by atoms with Gasteiger partial charge in [0.05, 0.1) is 5.69 Å². The number of nitrogens with zero attached hydrogens (tertiary/aromatic N) is 1. The fraction of sp³-hybridized carbons (Fsp3) is 0.476. The molecule has 0 radical (unpaired) electrons. The smallest absolute Gasteiger partial charge is 0.408 e. The van der Waals surface area contributed by atoms with E-state index in [0.717, 1.165) is 0 Å². The Balaban J connectivity index is 1.62. The average Bonchev–Trinajstić information content (AvgIpc) is 3.01. The predicted molar refractivity (Wildman–Crippen MR) is 117 cm³/mol. The number of nitrogens with one attached hydrogen (secondary N) is 3. The van der Waals surface area contributed by atoms with E-state index in [2.05, 4.69) is 20.9 Å². The van der Waals surface area contributed by atoms with Crippen LogP contribution in [0.3, 0.4) is 0 Å². The van der Waals surface area contributed by atoms with Gasteiger partial charge < -0.3 is 30.9 Å². The summed E-state index contributed by atoms with van der Waals surface area (Å²) >= 11 is 0. The van der Waals surface area contributed by atoms with Gasteiger partial charge in [0.1, 0.15) is 23.4 Å². The minimum absolute atomic E-state index is 0.0304. The summed E-state index contributed by atoms with van der Waals surface area (Å²) in [6.07, 6.45) is -1.14. The Morgan fingerprint density at radius 1 is 1.24 bits per heavy atom. The average molecular weight is 461 g/mol. The molecule has 0 saturated carbocycles. The molecule has 0 aliphatic carbocycles. The first-order chi connectivity index (χ1) is 15.4. The molecule has 3 unspecified atom stereocenters. The number of ether oxygens (including phenoxy) is 2. The maximum absolute atomic E-state index is 12.5. The highest BCUT2D eigenvalue weighted by molar-refractivity contribution is 6.04. The highest BCUT2D eigenvalue weighted by atomic mass is 16.6. The van der Waals surface area contributed by atoms with E-state index in [9.17, 15) is 24.3 Å². The lowest BCUT2D eigenvalue weighted by molar-refractivity contribution is -0.139. The third kappa shape index (κ3) is 6.34. The maximum Gasteiger partial charge on any atom is 0.408 e. The molecule has 1 aromatic carbocycles. The summed E-state index contributed by atoms with van der Waals surface area (Å²) in [7, 11) is 0. The number of anilines is 1. The zero-order valence-electron chi connectivity index (χ0n) is 18.5. The quantitative estimate of drug-likeness (QED) is 0.389. The summed E-state index contributed by atoms with van der Waals surface area (Å²) in [6.45, 7) is 5.02. The van der Waals surface area contributed by atoms with Crippen LogP contribution in [0.1, 0.15) is 39.2 Å². The van der Waals surface area contributed by atoms with Gasteiger partial charge in [-0.05, 0) is 51.3 Å². The molecule has 0 fully saturated rings. The number of carboxylic acids is 1. The van der Waals surface area contributed by atoms with Crippen molar-refractivity contribution in [2.75, 3.05) is 5.32 Å². The number of nitrogens with two attached hydrogens (primary N) is 1. The number of carboxylic acid groups (broad SMARTS) is 1. The molecule has 3 atom stereocenters. The summed E-state index contributed by atoms with van der Waals surface area (Å²) in [4.78, 5) is 51.7. The lowest BCUT2D eigenvalue weighted by Crippen LogP contribution is -2.44. The van der Waals surface area contributed by atoms with Crippen LogP contribution in [0.15, 0.2) is 23.2 Å². The minimum Gasteiger partial charge on any atom is -0.480 e. The highest BCUT2D eigenvalue weighted by Crippen LogP contribution is 2.32. The molecular formula is C21H27N5O7. The number of rotatable bonds is 7. The molecule has 2 aliphatic heterocycles. The van der Waals surface area contributed by atoms with E-state index in [1.807, 2.05) is 0 Å². The van der Waals surface area contributed by atoms with Gasteiger partial charge in [-0.1, -0.05) is 6.07 Å². The van der Waals surface area contributed by atoms with Crippen LogP contribution < -0.4 is 26.4 Å². The number of aliphatic imine (C=N–C) groups is 1. The monoisotopic (exact) mass is 461 g/mol. The van der Waals surface area contributed by atoms with E-state index < -0.39 is 41.8 Å². The van der Waals surface area contributed by atoms with E-state index in [0.29, 0.717) is 17.0 Å². The number of amides is 3. The van der Waals surface area contributed by atoms with E-state index in [-0.39, 0.29) is 31.1 Å². The summed E-state index contributed by atoms with van der Waals surface area (Å²) in [5.41, 5.74) is 5.66. The van der Waals surface area contributed by atoms with Crippen molar-refractivity contribution in [2.24, 2.45) is 10.7 Å². The number of alkyl carbamates (subject to hydrolysis) is 1. The molecular weight excluding hydrogens is 434 g/mol. The Hall–Kier alpha value is -3.83. The van der Waals surface area contributed by atoms with Crippen molar-refractivity contribution in [3.05, 3.63) is 23.8 Å². The zero-order chi connectivity index (χ0) is 24.3. The minimum atomic E-state index is -1.23. The molecule has 1 aromatic rings. The third-order valence-corrected chi connectivity index (χ3v) is 4.84. The van der Waals surface area contributed by atoms with Gasteiger partial charge in [0.15, 0.2) is 12.1 Å². The lowest BCUT2D eigenvalue weighted by Gasteiger charge is -2.27. The molecule has 178 valence electrons. The molecule has 3 rings (SSSR count). The second-order valence-electron chi connectivity index (χ2n) is 8.76. The molecule has 0 bridgehead atoms. The number of guanidine groups is 1. The van der Waals surface area contributed by atoms with Crippen molar-refractivity contribution >= 4 is 35.5 Å². The normalized spacial score (nSPS) is 20.5. The predicted octanol–water partition coefficient (Wildman–Crippen LogP) is 0.500. The zero-order valence-corrected chi connectivity index (χ0v) is 18.5. The third-order valence-electron chi connectivity index (χ3n) is 4.84. The molecule has 12 nitrogen and oxygen atoms in total. The van der Waals surface area contributed by atoms with Gasteiger partial charge in [0.25, 0.3) is 11.8 Å². The SMILES string of the molecule is CC(C)(C)OC(=O)NC(Cc1ccc2c(c1)NC(=O)C(CCC1N=C(N)NC1=O)O2)C(=O)O. The number of carbonyl (C=O) groups is 4. The topological polar surface area (TPSA) is 181 Å². The van der Waals surface area contributed by atoms with Crippen molar-refractivity contribution in [1.29, 1.82) is 0 Å².